The molecular weight excluding hydrogens is 668 g/mol. The van der Waals surface area contributed by atoms with Crippen LogP contribution in [0, 0.1) is 62.6 Å². The highest BCUT2D eigenvalue weighted by Gasteiger charge is 2.69. The summed E-state index contributed by atoms with van der Waals surface area (Å²) in [6.45, 7) is 24.2. The number of fused-ring (bicyclic) bond motifs is 7. The number of hydrogen-bond acceptors (Lipinski definition) is 7. The Kier molecular flexibility index (Phi) is 11.3. The number of aliphatic hydroxyl groups excluding tert-OH is 1. The smallest absolute Gasteiger partial charge is 0.309 e. The first-order valence-electron chi connectivity index (χ1n) is 20.7. The van der Waals surface area contributed by atoms with Gasteiger partial charge in [0.1, 0.15) is 6.10 Å². The van der Waals surface area contributed by atoms with E-state index in [9.17, 15) is 29.4 Å². The van der Waals surface area contributed by atoms with Crippen LogP contribution in [0.4, 0.5) is 0 Å². The Hall–Kier alpha value is -2.26. The van der Waals surface area contributed by atoms with E-state index in [4.69, 9.17) is 4.74 Å². The number of carbonyl (C=O) groups excluding carboxylic acids is 3. The highest BCUT2D eigenvalue weighted by Crippen LogP contribution is 2.75. The molecule has 0 saturated heterocycles. The molecule has 0 spiro atoms. The number of amides is 1. The third-order valence-electron chi connectivity index (χ3n) is 16.3. The average molecular weight is 741 g/mol. The van der Waals surface area contributed by atoms with Gasteiger partial charge in [-0.25, -0.2) is 0 Å². The summed E-state index contributed by atoms with van der Waals surface area (Å²) in [5.41, 5.74) is 1.03. The zero-order valence-electron chi connectivity index (χ0n) is 35.3. The van der Waals surface area contributed by atoms with Crippen molar-refractivity contribution in [3.05, 3.63) is 11.1 Å². The molecule has 0 aliphatic heterocycles. The second-order valence-corrected chi connectivity index (χ2v) is 20.8. The van der Waals surface area contributed by atoms with Crippen LogP contribution in [0.1, 0.15) is 134 Å². The monoisotopic (exact) mass is 741 g/mol. The van der Waals surface area contributed by atoms with E-state index in [1.54, 1.807) is 32.8 Å². The van der Waals surface area contributed by atoms with Crippen LogP contribution in [0.15, 0.2) is 11.1 Å². The number of aliphatic hydroxyl groups is 1. The van der Waals surface area contributed by atoms with Crippen molar-refractivity contribution in [2.75, 3.05) is 27.2 Å². The summed E-state index contributed by atoms with van der Waals surface area (Å²) >= 11 is 0. The van der Waals surface area contributed by atoms with Gasteiger partial charge >= 0.3 is 11.9 Å². The molecular formula is C44H72N2O7. The number of Topliss-reactive ketones (excluding diaryl/α,β-unsaturated/α-hetero) is 1. The van der Waals surface area contributed by atoms with Crippen molar-refractivity contribution in [3.63, 3.8) is 0 Å². The standard InChI is InChI=1S/C44H72N2O7/c1-25(2)35-36-27(37(38(35)50)29(47)23-46(26(3)4)24-33(48)45(12)13)16-20-43(10)28(36)14-15-31-42(9)19-18-32(53-34(49)22-40(5,6)39(51)52)41(7,8)30(42)17-21-44(31,43)11/h25-32,37,47H,14-24H2,1-13H3,(H,51,52)/t27?,28-,29+,30+,31-,32+,37-,42+,43-,44-/m1/s1. The molecule has 0 radical (unpaired) electrons. The topological polar surface area (TPSA) is 124 Å². The predicted octanol–water partition coefficient (Wildman–Crippen LogP) is 7.40. The normalized spacial score (nSPS) is 37.2. The predicted molar refractivity (Wildman–Crippen MR) is 207 cm³/mol. The molecule has 0 aromatic carbocycles. The Morgan fingerprint density at radius 3 is 2.08 bits per heavy atom. The lowest BCUT2D eigenvalue weighted by Crippen LogP contribution is -2.65. The van der Waals surface area contributed by atoms with Crippen LogP contribution in [0.2, 0.25) is 0 Å². The van der Waals surface area contributed by atoms with Gasteiger partial charge < -0.3 is 19.8 Å². The second kappa shape index (κ2) is 14.4. The fourth-order valence-electron chi connectivity index (χ4n) is 13.0. The minimum atomic E-state index is -1.17. The molecule has 9 heteroatoms. The van der Waals surface area contributed by atoms with Gasteiger partial charge in [0.15, 0.2) is 5.78 Å². The molecule has 4 fully saturated rings. The van der Waals surface area contributed by atoms with Gasteiger partial charge in [0, 0.05) is 32.1 Å². The van der Waals surface area contributed by atoms with Gasteiger partial charge in [-0.1, -0.05) is 54.0 Å². The van der Waals surface area contributed by atoms with Crippen LogP contribution in [0.25, 0.3) is 0 Å². The summed E-state index contributed by atoms with van der Waals surface area (Å²) in [4.78, 5) is 55.6. The Labute approximate surface area is 320 Å². The molecule has 53 heavy (non-hydrogen) atoms. The highest BCUT2D eigenvalue weighted by molar-refractivity contribution is 6.02. The molecule has 9 nitrogen and oxygen atoms in total. The maximum atomic E-state index is 14.5. The van der Waals surface area contributed by atoms with Crippen LogP contribution >= 0.6 is 0 Å². The zero-order valence-corrected chi connectivity index (χ0v) is 35.3. The maximum Gasteiger partial charge on any atom is 0.309 e. The molecule has 0 aromatic heterocycles. The summed E-state index contributed by atoms with van der Waals surface area (Å²) in [5.74, 6) is -0.509. The number of ether oxygens (including phenoxy) is 1. The van der Waals surface area contributed by atoms with Crippen molar-refractivity contribution in [2.45, 2.75) is 152 Å². The summed E-state index contributed by atoms with van der Waals surface area (Å²) in [6, 6.07) is 0.0552. The lowest BCUT2D eigenvalue weighted by atomic mass is 9.33. The van der Waals surface area contributed by atoms with Crippen molar-refractivity contribution in [3.8, 4) is 0 Å². The third kappa shape index (κ3) is 6.84. The molecule has 0 heterocycles. The van der Waals surface area contributed by atoms with Crippen LogP contribution in [-0.2, 0) is 23.9 Å². The van der Waals surface area contributed by atoms with Crippen LogP contribution in [0.5, 0.6) is 0 Å². The number of aliphatic carboxylic acids is 1. The minimum Gasteiger partial charge on any atom is -0.481 e. The van der Waals surface area contributed by atoms with Gasteiger partial charge in [-0.2, -0.15) is 0 Å². The van der Waals surface area contributed by atoms with E-state index in [1.165, 1.54) is 5.57 Å². The van der Waals surface area contributed by atoms with Gasteiger partial charge in [0.2, 0.25) is 5.91 Å². The van der Waals surface area contributed by atoms with E-state index in [0.29, 0.717) is 24.3 Å². The number of ketones is 1. The quantitative estimate of drug-likeness (QED) is 0.210. The molecule has 2 N–H and O–H groups in total. The first-order valence-corrected chi connectivity index (χ1v) is 20.7. The third-order valence-corrected chi connectivity index (χ3v) is 16.3. The van der Waals surface area contributed by atoms with E-state index < -0.39 is 29.4 Å². The molecule has 0 aromatic rings. The van der Waals surface area contributed by atoms with Crippen LogP contribution < -0.4 is 0 Å². The number of hydrogen-bond donors (Lipinski definition) is 2. The highest BCUT2D eigenvalue weighted by atomic mass is 16.5. The number of esters is 1. The molecule has 0 bridgehead atoms. The van der Waals surface area contributed by atoms with Crippen molar-refractivity contribution in [1.82, 2.24) is 9.80 Å². The molecule has 1 amide bonds. The van der Waals surface area contributed by atoms with E-state index >= 15 is 0 Å². The van der Waals surface area contributed by atoms with Crippen molar-refractivity contribution >= 4 is 23.6 Å². The van der Waals surface area contributed by atoms with Crippen LogP contribution in [0.3, 0.4) is 0 Å². The Bertz CT molecular complexity index is 1500. The van der Waals surface area contributed by atoms with Crippen molar-refractivity contribution in [1.29, 1.82) is 0 Å². The number of nitrogens with zero attached hydrogens (tertiary/aromatic N) is 2. The molecule has 1 unspecified atom stereocenters. The lowest BCUT2D eigenvalue weighted by Gasteiger charge is -2.71. The molecule has 5 aliphatic carbocycles. The van der Waals surface area contributed by atoms with Crippen molar-refractivity contribution in [2.24, 2.45) is 62.6 Å². The summed E-state index contributed by atoms with van der Waals surface area (Å²) in [6.07, 6.45) is 6.69. The number of carboxylic acids is 1. The Balaban J connectivity index is 1.40. The molecule has 5 rings (SSSR count). The van der Waals surface area contributed by atoms with E-state index in [0.717, 1.165) is 56.9 Å². The largest absolute Gasteiger partial charge is 0.481 e. The number of carboxylic acid groups (broad SMARTS) is 1. The van der Waals surface area contributed by atoms with Gasteiger partial charge in [-0.15, -0.1) is 0 Å². The Morgan fingerprint density at radius 1 is 0.887 bits per heavy atom. The first-order chi connectivity index (χ1) is 24.3. The Morgan fingerprint density at radius 2 is 1.51 bits per heavy atom. The minimum absolute atomic E-state index is 0.00790. The number of allylic oxidation sites excluding steroid dienone is 2. The van der Waals surface area contributed by atoms with Gasteiger partial charge in [-0.05, 0) is 130 Å². The van der Waals surface area contributed by atoms with E-state index in [1.807, 2.05) is 18.7 Å². The fraction of sp³-hybridized carbons (Fsp3) is 0.864. The summed E-state index contributed by atoms with van der Waals surface area (Å²) < 4.78 is 6.16. The molecule has 5 aliphatic rings. The molecule has 10 atom stereocenters. The SMILES string of the molecule is CC(C)C1=C2C(CC[C@]3(C)[C@@H]2CC[C@@H]2[C@@]4(C)CC[C@H](OC(=O)CC(C)(C)C(=O)O)C(C)(C)[C@@H]4CC[C@]23C)[C@H]([C@@H](O)CN(CC(=O)N(C)C)C(C)C)C1=O. The van der Waals surface area contributed by atoms with Gasteiger partial charge in [0.05, 0.1) is 30.4 Å². The van der Waals surface area contributed by atoms with Gasteiger partial charge in [-0.3, -0.25) is 24.1 Å². The summed E-state index contributed by atoms with van der Waals surface area (Å²) in [5, 5.41) is 21.5. The summed E-state index contributed by atoms with van der Waals surface area (Å²) in [7, 11) is 3.50. The molecule has 4 saturated carbocycles. The average Bonchev–Trinajstić information content (AvgIpc) is 3.33. The van der Waals surface area contributed by atoms with E-state index in [2.05, 4.69) is 48.5 Å². The second-order valence-electron chi connectivity index (χ2n) is 20.8. The van der Waals surface area contributed by atoms with Gasteiger partial charge in [0.25, 0.3) is 0 Å². The number of rotatable bonds is 11. The number of carbonyl (C=O) groups is 4. The van der Waals surface area contributed by atoms with Crippen molar-refractivity contribution < 1.29 is 34.1 Å². The number of likely N-dealkylation sites (N-methyl/N-ethyl adjacent to an activating group) is 1. The fourth-order valence-corrected chi connectivity index (χ4v) is 13.0. The first kappa shape index (κ1) is 41.9. The van der Waals surface area contributed by atoms with Crippen LogP contribution in [-0.4, -0.2) is 89.1 Å². The zero-order chi connectivity index (χ0) is 39.8. The molecule has 300 valence electrons. The maximum absolute atomic E-state index is 14.5. The lowest BCUT2D eigenvalue weighted by molar-refractivity contribution is -0.232. The van der Waals surface area contributed by atoms with E-state index in [-0.39, 0.29) is 70.3 Å².